The van der Waals surface area contributed by atoms with Gasteiger partial charge in [-0.2, -0.15) is 0 Å². The van der Waals surface area contributed by atoms with Crippen LogP contribution in [0.1, 0.15) is 25.8 Å². The zero-order valence-corrected chi connectivity index (χ0v) is 18.8. The zero-order chi connectivity index (χ0) is 21.5. The molecule has 1 fully saturated rings. The molecule has 0 spiro atoms. The average molecular weight is 443 g/mol. The van der Waals surface area contributed by atoms with E-state index in [4.69, 9.17) is 17.0 Å². The van der Waals surface area contributed by atoms with Crippen molar-refractivity contribution in [3.05, 3.63) is 59.0 Å². The fourth-order valence-corrected chi connectivity index (χ4v) is 4.42. The lowest BCUT2D eigenvalue weighted by Gasteiger charge is -2.17. The standard InChI is InChI=1S/C23H26N2O3S2/c1-3-24(4-2)14-5-15-28-20-12-6-17(7-13-20)16-21-22(27)25(23(29)30-21)18-8-10-19(26)11-9-18/h6-13,16,26H,3-5,14-15H2,1-2H3/b21-16-. The minimum absolute atomic E-state index is 0.148. The number of phenolic OH excluding ortho intramolecular Hbond substituents is 1. The first-order chi connectivity index (χ1) is 14.5. The summed E-state index contributed by atoms with van der Waals surface area (Å²) in [6.07, 6.45) is 2.83. The molecule has 3 rings (SSSR count). The highest BCUT2D eigenvalue weighted by molar-refractivity contribution is 8.27. The van der Waals surface area contributed by atoms with Crippen molar-refractivity contribution in [1.29, 1.82) is 0 Å². The molecule has 0 bridgehead atoms. The molecule has 1 saturated heterocycles. The number of amides is 1. The second kappa shape index (κ2) is 10.6. The number of carbonyl (C=O) groups is 1. The fourth-order valence-electron chi connectivity index (χ4n) is 3.12. The van der Waals surface area contributed by atoms with Crippen molar-refractivity contribution in [2.45, 2.75) is 20.3 Å². The number of ether oxygens (including phenoxy) is 1. The molecule has 1 amide bonds. The van der Waals surface area contributed by atoms with Crippen LogP contribution in [0.15, 0.2) is 53.4 Å². The maximum Gasteiger partial charge on any atom is 0.270 e. The minimum Gasteiger partial charge on any atom is -0.508 e. The maximum atomic E-state index is 12.8. The first-order valence-corrected chi connectivity index (χ1v) is 11.3. The van der Waals surface area contributed by atoms with E-state index >= 15 is 0 Å². The van der Waals surface area contributed by atoms with Gasteiger partial charge in [0.25, 0.3) is 5.91 Å². The summed E-state index contributed by atoms with van der Waals surface area (Å²) < 4.78 is 6.30. The van der Waals surface area contributed by atoms with Gasteiger partial charge in [-0.25, -0.2) is 0 Å². The summed E-state index contributed by atoms with van der Waals surface area (Å²) in [6.45, 7) is 8.17. The number of thiocarbonyl (C=S) groups is 1. The molecule has 0 aliphatic carbocycles. The fraction of sp³-hybridized carbons (Fsp3) is 0.304. The molecule has 1 aliphatic rings. The molecule has 0 unspecified atom stereocenters. The number of rotatable bonds is 9. The highest BCUT2D eigenvalue weighted by Gasteiger charge is 2.33. The third kappa shape index (κ3) is 5.62. The molecule has 1 heterocycles. The normalized spacial score (nSPS) is 15.4. The monoisotopic (exact) mass is 442 g/mol. The van der Waals surface area contributed by atoms with E-state index in [1.165, 1.54) is 16.7 Å². The van der Waals surface area contributed by atoms with Gasteiger partial charge in [-0.15, -0.1) is 0 Å². The first kappa shape index (κ1) is 22.3. The van der Waals surface area contributed by atoms with E-state index in [9.17, 15) is 9.90 Å². The van der Waals surface area contributed by atoms with Crippen molar-refractivity contribution in [2.24, 2.45) is 0 Å². The van der Waals surface area contributed by atoms with Crippen molar-refractivity contribution in [2.75, 3.05) is 31.1 Å². The van der Waals surface area contributed by atoms with E-state index < -0.39 is 0 Å². The molecule has 5 nitrogen and oxygen atoms in total. The van der Waals surface area contributed by atoms with Gasteiger partial charge in [0.2, 0.25) is 0 Å². The summed E-state index contributed by atoms with van der Waals surface area (Å²) in [5.41, 5.74) is 1.56. The van der Waals surface area contributed by atoms with E-state index in [0.717, 1.165) is 37.4 Å². The number of nitrogens with zero attached hydrogens (tertiary/aromatic N) is 2. The summed E-state index contributed by atoms with van der Waals surface area (Å²) in [5.74, 6) is 0.811. The summed E-state index contributed by atoms with van der Waals surface area (Å²) in [6, 6.07) is 14.1. The lowest BCUT2D eigenvalue weighted by molar-refractivity contribution is -0.113. The Hall–Kier alpha value is -2.35. The Morgan fingerprint density at radius 1 is 1.10 bits per heavy atom. The highest BCUT2D eigenvalue weighted by atomic mass is 32.2. The van der Waals surface area contributed by atoms with Crippen molar-refractivity contribution >= 4 is 46.0 Å². The van der Waals surface area contributed by atoms with Crippen LogP contribution in [0.5, 0.6) is 11.5 Å². The van der Waals surface area contributed by atoms with E-state index in [1.807, 2.05) is 30.3 Å². The Morgan fingerprint density at radius 3 is 2.40 bits per heavy atom. The molecule has 30 heavy (non-hydrogen) atoms. The number of thioether (sulfide) groups is 1. The number of hydrogen-bond acceptors (Lipinski definition) is 6. The molecule has 0 atom stereocenters. The zero-order valence-electron chi connectivity index (χ0n) is 17.2. The number of hydrogen-bond donors (Lipinski definition) is 1. The lowest BCUT2D eigenvalue weighted by atomic mass is 10.2. The van der Waals surface area contributed by atoms with Gasteiger partial charge in [0, 0.05) is 6.54 Å². The van der Waals surface area contributed by atoms with Crippen LogP contribution in [-0.4, -0.2) is 46.5 Å². The van der Waals surface area contributed by atoms with E-state index in [2.05, 4.69) is 18.7 Å². The third-order valence-corrected chi connectivity index (χ3v) is 6.16. The van der Waals surface area contributed by atoms with Gasteiger partial charge in [-0.05, 0) is 67.5 Å². The Kier molecular flexibility index (Phi) is 7.90. The molecule has 2 aromatic carbocycles. The molecule has 0 radical (unpaired) electrons. The quantitative estimate of drug-likeness (QED) is 0.338. The van der Waals surface area contributed by atoms with Crippen LogP contribution in [0.3, 0.4) is 0 Å². The highest BCUT2D eigenvalue weighted by Crippen LogP contribution is 2.36. The molecule has 1 aliphatic heterocycles. The molecule has 0 aromatic heterocycles. The van der Waals surface area contributed by atoms with Gasteiger partial charge >= 0.3 is 0 Å². The Bertz CT molecular complexity index is 907. The van der Waals surface area contributed by atoms with E-state index in [-0.39, 0.29) is 11.7 Å². The summed E-state index contributed by atoms with van der Waals surface area (Å²) in [5, 5.41) is 9.45. The second-order valence-electron chi connectivity index (χ2n) is 6.83. The number of aromatic hydroxyl groups is 1. The molecule has 2 aromatic rings. The van der Waals surface area contributed by atoms with Crippen molar-refractivity contribution < 1.29 is 14.6 Å². The van der Waals surface area contributed by atoms with Crippen LogP contribution >= 0.6 is 24.0 Å². The number of phenols is 1. The van der Waals surface area contributed by atoms with Gasteiger partial charge in [0.1, 0.15) is 11.5 Å². The van der Waals surface area contributed by atoms with Crippen LogP contribution < -0.4 is 9.64 Å². The predicted molar refractivity (Wildman–Crippen MR) is 128 cm³/mol. The summed E-state index contributed by atoms with van der Waals surface area (Å²) in [4.78, 5) is 17.2. The minimum atomic E-state index is -0.160. The average Bonchev–Trinajstić information content (AvgIpc) is 3.03. The Labute approximate surface area is 187 Å². The van der Waals surface area contributed by atoms with Crippen molar-refractivity contribution in [3.63, 3.8) is 0 Å². The SMILES string of the molecule is CCN(CC)CCCOc1ccc(/C=C2\SC(=S)N(c3ccc(O)cc3)C2=O)cc1. The molecule has 0 saturated carbocycles. The Morgan fingerprint density at radius 2 is 1.77 bits per heavy atom. The number of carbonyl (C=O) groups excluding carboxylic acids is 1. The summed E-state index contributed by atoms with van der Waals surface area (Å²) in [7, 11) is 0. The third-order valence-electron chi connectivity index (χ3n) is 4.86. The van der Waals surface area contributed by atoms with Gasteiger partial charge < -0.3 is 14.7 Å². The topological polar surface area (TPSA) is 53.0 Å². The Balaban J connectivity index is 1.59. The molecule has 7 heteroatoms. The largest absolute Gasteiger partial charge is 0.508 e. The summed E-state index contributed by atoms with van der Waals surface area (Å²) >= 11 is 6.66. The second-order valence-corrected chi connectivity index (χ2v) is 8.51. The predicted octanol–water partition coefficient (Wildman–Crippen LogP) is 4.91. The van der Waals surface area contributed by atoms with E-state index in [1.54, 1.807) is 24.3 Å². The molecule has 158 valence electrons. The number of anilines is 1. The van der Waals surface area contributed by atoms with Gasteiger partial charge in [0.05, 0.1) is 17.2 Å². The first-order valence-electron chi connectivity index (χ1n) is 10.0. The van der Waals surface area contributed by atoms with Gasteiger partial charge in [-0.1, -0.05) is 50.0 Å². The number of benzene rings is 2. The van der Waals surface area contributed by atoms with Crippen LogP contribution in [0.25, 0.3) is 6.08 Å². The van der Waals surface area contributed by atoms with Crippen LogP contribution in [0, 0.1) is 0 Å². The molecular weight excluding hydrogens is 416 g/mol. The van der Waals surface area contributed by atoms with Crippen molar-refractivity contribution in [3.8, 4) is 11.5 Å². The van der Waals surface area contributed by atoms with Crippen molar-refractivity contribution in [1.82, 2.24) is 4.90 Å². The smallest absolute Gasteiger partial charge is 0.270 e. The van der Waals surface area contributed by atoms with Crippen LogP contribution in [0.4, 0.5) is 5.69 Å². The van der Waals surface area contributed by atoms with E-state index in [0.29, 0.717) is 21.5 Å². The van der Waals surface area contributed by atoms with Gasteiger partial charge in [0.15, 0.2) is 4.32 Å². The maximum absolute atomic E-state index is 12.8. The molecule has 1 N–H and O–H groups in total. The lowest BCUT2D eigenvalue weighted by Crippen LogP contribution is -2.27. The molecular formula is C23H26N2O3S2. The van der Waals surface area contributed by atoms with Crippen LogP contribution in [0.2, 0.25) is 0 Å². The van der Waals surface area contributed by atoms with Gasteiger partial charge in [-0.3, -0.25) is 9.69 Å². The van der Waals surface area contributed by atoms with Crippen LogP contribution in [-0.2, 0) is 4.79 Å².